The molecule has 2 N–H and O–H groups in total. The van der Waals surface area contributed by atoms with Gasteiger partial charge in [0.15, 0.2) is 5.58 Å². The number of hydrogen-bond acceptors (Lipinski definition) is 4. The van der Waals surface area contributed by atoms with Crippen molar-refractivity contribution in [3.63, 3.8) is 0 Å². The van der Waals surface area contributed by atoms with Crippen LogP contribution in [0.25, 0.3) is 22.4 Å². The summed E-state index contributed by atoms with van der Waals surface area (Å²) < 4.78 is 20.2. The van der Waals surface area contributed by atoms with E-state index in [4.69, 9.17) is 10.2 Å². The fourth-order valence-corrected chi connectivity index (χ4v) is 3.81. The fourth-order valence-electron chi connectivity index (χ4n) is 3.81. The lowest BCUT2D eigenvalue weighted by Crippen LogP contribution is -2.15. The Morgan fingerprint density at radius 2 is 1.79 bits per heavy atom. The lowest BCUT2D eigenvalue weighted by Gasteiger charge is -2.14. The molecule has 0 aliphatic heterocycles. The summed E-state index contributed by atoms with van der Waals surface area (Å²) in [4.78, 5) is 17.0. The smallest absolute Gasteiger partial charge is 0.408 e. The van der Waals surface area contributed by atoms with Crippen LogP contribution >= 0.6 is 0 Å². The van der Waals surface area contributed by atoms with E-state index in [2.05, 4.69) is 17.1 Å². The van der Waals surface area contributed by atoms with Crippen LogP contribution in [-0.4, -0.2) is 9.55 Å². The van der Waals surface area contributed by atoms with Crippen LogP contribution in [-0.2, 0) is 13.1 Å². The second-order valence-corrected chi connectivity index (χ2v) is 7.37. The summed E-state index contributed by atoms with van der Waals surface area (Å²) in [6, 6.07) is 10.3. The number of pyridine rings is 1. The molecule has 0 radical (unpaired) electrons. The number of aryl methyl sites for hydroxylation is 3. The molecule has 29 heavy (non-hydrogen) atoms. The zero-order valence-electron chi connectivity index (χ0n) is 16.6. The van der Waals surface area contributed by atoms with Gasteiger partial charge in [-0.15, -0.1) is 0 Å². The molecule has 2 heterocycles. The lowest BCUT2D eigenvalue weighted by atomic mass is 9.95. The molecule has 0 spiro atoms. The van der Waals surface area contributed by atoms with Crippen molar-refractivity contribution >= 4 is 11.1 Å². The van der Waals surface area contributed by atoms with Gasteiger partial charge in [0.05, 0.1) is 17.8 Å². The van der Waals surface area contributed by atoms with Crippen molar-refractivity contribution in [2.45, 2.75) is 33.9 Å². The summed E-state index contributed by atoms with van der Waals surface area (Å²) >= 11 is 0. The van der Waals surface area contributed by atoms with E-state index in [1.165, 1.54) is 16.7 Å². The molecule has 2 aromatic carbocycles. The van der Waals surface area contributed by atoms with Crippen molar-refractivity contribution in [2.24, 2.45) is 5.73 Å². The summed E-state index contributed by atoms with van der Waals surface area (Å²) in [6.45, 7) is 6.86. The van der Waals surface area contributed by atoms with Gasteiger partial charge in [0.1, 0.15) is 5.82 Å². The zero-order chi connectivity index (χ0) is 20.7. The molecule has 0 aliphatic carbocycles. The first-order valence-corrected chi connectivity index (χ1v) is 9.42. The molecule has 5 nitrogen and oxygen atoms in total. The third-order valence-corrected chi connectivity index (χ3v) is 5.26. The number of nitrogens with two attached hydrogens (primary N) is 1. The summed E-state index contributed by atoms with van der Waals surface area (Å²) in [7, 11) is 0. The first kappa shape index (κ1) is 19.1. The number of oxazole rings is 1. The first-order chi connectivity index (χ1) is 13.9. The van der Waals surface area contributed by atoms with Crippen LogP contribution in [0.4, 0.5) is 4.39 Å². The Morgan fingerprint density at radius 1 is 1.07 bits per heavy atom. The predicted molar refractivity (Wildman–Crippen MR) is 111 cm³/mol. The molecule has 0 bridgehead atoms. The van der Waals surface area contributed by atoms with Gasteiger partial charge in [-0.3, -0.25) is 9.55 Å². The van der Waals surface area contributed by atoms with Gasteiger partial charge in [-0.2, -0.15) is 0 Å². The number of nitrogens with zero attached hydrogens (tertiary/aromatic N) is 2. The molecule has 148 valence electrons. The molecule has 0 saturated carbocycles. The standard InChI is InChI=1S/C23H22FN3O2/c1-13-6-16(10-25)7-14(2)22(13)19-8-17(15(3)11-26-19)12-27-20-5-4-18(24)9-21(20)29-23(27)28/h4-9,11H,10,12,25H2,1-3H3. The Balaban J connectivity index is 1.80. The lowest BCUT2D eigenvalue weighted by molar-refractivity contribution is 0.515. The van der Waals surface area contributed by atoms with Gasteiger partial charge in [0, 0.05) is 24.4 Å². The number of benzene rings is 2. The van der Waals surface area contributed by atoms with Crippen LogP contribution in [0.15, 0.2) is 51.8 Å². The van der Waals surface area contributed by atoms with Crippen LogP contribution in [0.2, 0.25) is 0 Å². The molecule has 0 unspecified atom stereocenters. The van der Waals surface area contributed by atoms with Gasteiger partial charge in [0.25, 0.3) is 0 Å². The Bertz CT molecular complexity index is 1260. The minimum Gasteiger partial charge on any atom is -0.408 e. The molecule has 2 aromatic heterocycles. The van der Waals surface area contributed by atoms with E-state index in [1.807, 2.05) is 33.0 Å². The van der Waals surface area contributed by atoms with Gasteiger partial charge in [0.2, 0.25) is 0 Å². The van der Waals surface area contributed by atoms with E-state index in [1.54, 1.807) is 6.07 Å². The average Bonchev–Trinajstić information content (AvgIpc) is 2.97. The second-order valence-electron chi connectivity index (χ2n) is 7.37. The minimum atomic E-state index is -0.511. The van der Waals surface area contributed by atoms with Crippen molar-refractivity contribution in [3.05, 3.63) is 86.8 Å². The topological polar surface area (TPSA) is 74.0 Å². The number of halogens is 1. The van der Waals surface area contributed by atoms with E-state index in [0.717, 1.165) is 39.1 Å². The van der Waals surface area contributed by atoms with E-state index >= 15 is 0 Å². The highest BCUT2D eigenvalue weighted by molar-refractivity contribution is 5.73. The van der Waals surface area contributed by atoms with Gasteiger partial charge >= 0.3 is 5.76 Å². The highest BCUT2D eigenvalue weighted by Gasteiger charge is 2.14. The van der Waals surface area contributed by atoms with Gasteiger partial charge in [-0.1, -0.05) is 12.1 Å². The summed E-state index contributed by atoms with van der Waals surface area (Å²) in [5.74, 6) is -0.948. The summed E-state index contributed by atoms with van der Waals surface area (Å²) in [6.07, 6.45) is 1.81. The van der Waals surface area contributed by atoms with Crippen LogP contribution in [0, 0.1) is 26.6 Å². The number of hydrogen-bond donors (Lipinski definition) is 1. The molecule has 6 heteroatoms. The third-order valence-electron chi connectivity index (χ3n) is 5.26. The number of fused-ring (bicyclic) bond motifs is 1. The maximum Gasteiger partial charge on any atom is 0.420 e. The monoisotopic (exact) mass is 391 g/mol. The molecule has 0 fully saturated rings. The quantitative estimate of drug-likeness (QED) is 0.565. The Hall–Kier alpha value is -3.25. The normalized spacial score (nSPS) is 11.3. The van der Waals surface area contributed by atoms with Crippen molar-refractivity contribution in [2.75, 3.05) is 0 Å². The van der Waals surface area contributed by atoms with Crippen molar-refractivity contribution < 1.29 is 8.81 Å². The Kier molecular flexibility index (Phi) is 4.80. The summed E-state index contributed by atoms with van der Waals surface area (Å²) in [5.41, 5.74) is 13.7. The highest BCUT2D eigenvalue weighted by Crippen LogP contribution is 2.29. The molecule has 0 aliphatic rings. The molecular weight excluding hydrogens is 369 g/mol. The van der Waals surface area contributed by atoms with Crippen molar-refractivity contribution in [3.8, 4) is 11.3 Å². The minimum absolute atomic E-state index is 0.242. The molecule has 4 rings (SSSR count). The Labute approximate surface area is 167 Å². The molecular formula is C23H22FN3O2. The van der Waals surface area contributed by atoms with Gasteiger partial charge in [-0.25, -0.2) is 9.18 Å². The zero-order valence-corrected chi connectivity index (χ0v) is 16.6. The molecule has 0 atom stereocenters. The van der Waals surface area contributed by atoms with Gasteiger partial charge < -0.3 is 10.2 Å². The van der Waals surface area contributed by atoms with Crippen molar-refractivity contribution in [1.29, 1.82) is 0 Å². The molecule has 0 saturated heterocycles. The number of aromatic nitrogens is 2. The summed E-state index contributed by atoms with van der Waals surface area (Å²) in [5, 5.41) is 0. The maximum atomic E-state index is 13.5. The Morgan fingerprint density at radius 3 is 2.48 bits per heavy atom. The third kappa shape index (κ3) is 3.47. The fraction of sp³-hybridized carbons (Fsp3) is 0.217. The maximum absolute atomic E-state index is 13.5. The SMILES string of the molecule is Cc1cnc(-c2c(C)cc(CN)cc2C)cc1Cn1c(=O)oc2cc(F)ccc21. The van der Waals surface area contributed by atoms with Crippen LogP contribution in [0.1, 0.15) is 27.8 Å². The van der Waals surface area contributed by atoms with Crippen molar-refractivity contribution in [1.82, 2.24) is 9.55 Å². The second kappa shape index (κ2) is 7.29. The highest BCUT2D eigenvalue weighted by atomic mass is 19.1. The van der Waals surface area contributed by atoms with Crippen LogP contribution in [0.5, 0.6) is 0 Å². The average molecular weight is 391 g/mol. The first-order valence-electron chi connectivity index (χ1n) is 9.42. The predicted octanol–water partition coefficient (Wildman–Crippen LogP) is 4.23. The van der Waals surface area contributed by atoms with E-state index in [9.17, 15) is 9.18 Å². The van der Waals surface area contributed by atoms with E-state index in [0.29, 0.717) is 18.6 Å². The number of rotatable bonds is 4. The van der Waals surface area contributed by atoms with Crippen LogP contribution < -0.4 is 11.5 Å². The largest absolute Gasteiger partial charge is 0.420 e. The van der Waals surface area contributed by atoms with Crippen LogP contribution in [0.3, 0.4) is 0 Å². The van der Waals surface area contributed by atoms with E-state index in [-0.39, 0.29) is 5.58 Å². The molecule has 4 aromatic rings. The van der Waals surface area contributed by atoms with E-state index < -0.39 is 11.6 Å². The van der Waals surface area contributed by atoms with Gasteiger partial charge in [-0.05, 0) is 66.8 Å². The molecule has 0 amide bonds.